The van der Waals surface area contributed by atoms with Crippen LogP contribution in [0.1, 0.15) is 21.7 Å². The Bertz CT molecular complexity index is 1400. The number of H-pyrrole nitrogens is 1. The van der Waals surface area contributed by atoms with E-state index >= 15 is 0 Å². The van der Waals surface area contributed by atoms with Gasteiger partial charge in [-0.25, -0.2) is 4.98 Å². The van der Waals surface area contributed by atoms with Gasteiger partial charge in [0, 0.05) is 10.7 Å². The van der Waals surface area contributed by atoms with Gasteiger partial charge in [0.2, 0.25) is 0 Å². The van der Waals surface area contributed by atoms with Gasteiger partial charge in [-0.2, -0.15) is 0 Å². The van der Waals surface area contributed by atoms with Crippen molar-refractivity contribution in [1.82, 2.24) is 9.97 Å². The summed E-state index contributed by atoms with van der Waals surface area (Å²) in [5.74, 6) is -0.0935. The van der Waals surface area contributed by atoms with Gasteiger partial charge < -0.3 is 10.3 Å². The maximum Gasteiger partial charge on any atom is 0.259 e. The second kappa shape index (κ2) is 8.94. The van der Waals surface area contributed by atoms with Crippen molar-refractivity contribution in [3.63, 3.8) is 0 Å². The van der Waals surface area contributed by atoms with Crippen LogP contribution in [0.2, 0.25) is 10.0 Å². The molecule has 0 aliphatic heterocycles. The Morgan fingerprint density at radius 3 is 2.61 bits per heavy atom. The van der Waals surface area contributed by atoms with E-state index in [2.05, 4.69) is 15.3 Å². The molecular formula is C23H14Cl3N3O2. The van der Waals surface area contributed by atoms with Gasteiger partial charge in [0.05, 0.1) is 26.5 Å². The number of carbonyl (C=O) groups is 1. The molecule has 0 unspecified atom stereocenters. The molecule has 0 fully saturated rings. The number of nitrogens with zero attached hydrogens (tertiary/aromatic N) is 1. The molecule has 0 saturated heterocycles. The van der Waals surface area contributed by atoms with Gasteiger partial charge in [-0.15, -0.1) is 0 Å². The van der Waals surface area contributed by atoms with Crippen molar-refractivity contribution in [1.29, 1.82) is 0 Å². The molecule has 1 aromatic heterocycles. The number of rotatable bonds is 4. The predicted molar refractivity (Wildman–Crippen MR) is 127 cm³/mol. The number of carbonyl (C=O) groups excluding carboxylic acids is 1. The van der Waals surface area contributed by atoms with Crippen molar-refractivity contribution in [3.05, 3.63) is 104 Å². The summed E-state index contributed by atoms with van der Waals surface area (Å²) < 4.78 is 0. The zero-order valence-electron chi connectivity index (χ0n) is 15.8. The van der Waals surface area contributed by atoms with Crippen molar-refractivity contribution < 1.29 is 4.79 Å². The highest BCUT2D eigenvalue weighted by Crippen LogP contribution is 2.23. The van der Waals surface area contributed by atoms with Crippen molar-refractivity contribution >= 4 is 68.4 Å². The number of aromatic amines is 1. The lowest BCUT2D eigenvalue weighted by Crippen LogP contribution is -2.12. The van der Waals surface area contributed by atoms with E-state index in [1.807, 2.05) is 6.07 Å². The summed E-state index contributed by atoms with van der Waals surface area (Å²) in [6.07, 6.45) is 1.65. The minimum Gasteiger partial charge on any atom is -0.322 e. The number of nitrogens with one attached hydrogen (secondary N) is 2. The summed E-state index contributed by atoms with van der Waals surface area (Å²) >= 11 is 18.4. The maximum atomic E-state index is 12.5. The number of fused-ring (bicyclic) bond motifs is 1. The fourth-order valence-corrected chi connectivity index (χ4v) is 3.60. The quantitative estimate of drug-likeness (QED) is 0.372. The van der Waals surface area contributed by atoms with Crippen LogP contribution in [0.25, 0.3) is 22.0 Å². The SMILES string of the molecule is O=C(Nc1cccc(/C=C(\Cl)c2nc3ccc(Cl)cc3c(=O)[nH]2)c1)c1ccccc1Cl. The van der Waals surface area contributed by atoms with Crippen LogP contribution in [0, 0.1) is 0 Å². The summed E-state index contributed by atoms with van der Waals surface area (Å²) in [7, 11) is 0. The van der Waals surface area contributed by atoms with Crippen molar-refractivity contribution in [2.75, 3.05) is 5.32 Å². The lowest BCUT2D eigenvalue weighted by molar-refractivity contribution is 0.102. The van der Waals surface area contributed by atoms with E-state index in [1.165, 1.54) is 0 Å². The Balaban J connectivity index is 1.61. The van der Waals surface area contributed by atoms with Crippen LogP contribution in [-0.2, 0) is 0 Å². The Morgan fingerprint density at radius 1 is 1.00 bits per heavy atom. The first-order valence-corrected chi connectivity index (χ1v) is 10.3. The highest BCUT2D eigenvalue weighted by Gasteiger charge is 2.11. The highest BCUT2D eigenvalue weighted by molar-refractivity contribution is 6.50. The van der Waals surface area contributed by atoms with Crippen molar-refractivity contribution in [2.24, 2.45) is 0 Å². The van der Waals surface area contributed by atoms with Gasteiger partial charge in [-0.3, -0.25) is 9.59 Å². The largest absolute Gasteiger partial charge is 0.322 e. The third-order valence-electron chi connectivity index (χ3n) is 4.45. The summed E-state index contributed by atoms with van der Waals surface area (Å²) in [4.78, 5) is 31.9. The number of aromatic nitrogens is 2. The fraction of sp³-hybridized carbons (Fsp3) is 0. The van der Waals surface area contributed by atoms with Crippen molar-refractivity contribution in [3.8, 4) is 0 Å². The molecule has 8 heteroatoms. The van der Waals surface area contributed by atoms with Crippen LogP contribution in [0.5, 0.6) is 0 Å². The molecule has 5 nitrogen and oxygen atoms in total. The maximum absolute atomic E-state index is 12.5. The van der Waals surface area contributed by atoms with Gasteiger partial charge in [0.15, 0.2) is 5.82 Å². The van der Waals surface area contributed by atoms with E-state index < -0.39 is 0 Å². The molecule has 0 bridgehead atoms. The second-order valence-electron chi connectivity index (χ2n) is 6.63. The Morgan fingerprint density at radius 2 is 1.81 bits per heavy atom. The number of halogens is 3. The van der Waals surface area contributed by atoms with E-state index in [-0.39, 0.29) is 22.3 Å². The molecule has 1 heterocycles. The van der Waals surface area contributed by atoms with Gasteiger partial charge in [0.1, 0.15) is 0 Å². The average molecular weight is 471 g/mol. The molecule has 0 saturated carbocycles. The topological polar surface area (TPSA) is 74.8 Å². The van der Waals surface area contributed by atoms with Crippen LogP contribution in [0.15, 0.2) is 71.5 Å². The van der Waals surface area contributed by atoms with Crippen LogP contribution < -0.4 is 10.9 Å². The Kier molecular flexibility index (Phi) is 6.09. The zero-order chi connectivity index (χ0) is 22.0. The van der Waals surface area contributed by atoms with E-state index in [4.69, 9.17) is 34.8 Å². The standard InChI is InChI=1S/C23H14Cl3N3O2/c24-14-8-9-20-17(12-14)23(31)29-21(28-20)19(26)11-13-4-3-5-15(10-13)27-22(30)16-6-1-2-7-18(16)25/h1-12H,(H,27,30)(H,28,29,31)/b19-11-. The van der Waals surface area contributed by atoms with Crippen LogP contribution in [0.3, 0.4) is 0 Å². The van der Waals surface area contributed by atoms with E-state index in [9.17, 15) is 9.59 Å². The van der Waals surface area contributed by atoms with Crippen LogP contribution in [-0.4, -0.2) is 15.9 Å². The molecule has 31 heavy (non-hydrogen) atoms. The zero-order valence-corrected chi connectivity index (χ0v) is 18.1. The molecule has 0 spiro atoms. The lowest BCUT2D eigenvalue weighted by atomic mass is 10.1. The fourth-order valence-electron chi connectivity index (χ4n) is 2.99. The third kappa shape index (κ3) is 4.80. The normalized spacial score (nSPS) is 11.5. The second-order valence-corrected chi connectivity index (χ2v) is 7.88. The molecule has 154 valence electrons. The van der Waals surface area contributed by atoms with E-state index in [0.717, 1.165) is 0 Å². The monoisotopic (exact) mass is 469 g/mol. The van der Waals surface area contributed by atoms with Gasteiger partial charge in [-0.05, 0) is 54.1 Å². The molecule has 2 N–H and O–H groups in total. The molecule has 0 aliphatic rings. The van der Waals surface area contributed by atoms with Gasteiger partial charge in [0.25, 0.3) is 11.5 Å². The summed E-state index contributed by atoms with van der Waals surface area (Å²) in [6, 6.07) is 18.7. The first kappa shape index (κ1) is 21.1. The average Bonchev–Trinajstić information content (AvgIpc) is 2.74. The molecule has 4 aromatic rings. The molecule has 0 atom stereocenters. The van der Waals surface area contributed by atoms with Gasteiger partial charge >= 0.3 is 0 Å². The van der Waals surface area contributed by atoms with E-state index in [0.29, 0.717) is 37.8 Å². The first-order valence-electron chi connectivity index (χ1n) is 9.14. The number of benzene rings is 3. The number of anilines is 1. The minimum absolute atomic E-state index is 0.229. The van der Waals surface area contributed by atoms with Gasteiger partial charge in [-0.1, -0.05) is 59.1 Å². The third-order valence-corrected chi connectivity index (χ3v) is 5.30. The molecular weight excluding hydrogens is 457 g/mol. The highest BCUT2D eigenvalue weighted by atomic mass is 35.5. The molecule has 3 aromatic carbocycles. The Labute approximate surface area is 192 Å². The van der Waals surface area contributed by atoms with Crippen molar-refractivity contribution in [2.45, 2.75) is 0 Å². The summed E-state index contributed by atoms with van der Waals surface area (Å²) in [6.45, 7) is 0. The molecule has 0 aliphatic carbocycles. The van der Waals surface area contributed by atoms with E-state index in [1.54, 1.807) is 66.7 Å². The molecule has 0 radical (unpaired) electrons. The number of amides is 1. The molecule has 4 rings (SSSR count). The minimum atomic E-state index is -0.338. The summed E-state index contributed by atoms with van der Waals surface area (Å²) in [5.41, 5.74) is 1.80. The first-order chi connectivity index (χ1) is 14.9. The summed E-state index contributed by atoms with van der Waals surface area (Å²) in [5, 5.41) is 4.24. The van der Waals surface area contributed by atoms with Crippen LogP contribution in [0.4, 0.5) is 5.69 Å². The number of hydrogen-bond donors (Lipinski definition) is 2. The smallest absolute Gasteiger partial charge is 0.259 e. The lowest BCUT2D eigenvalue weighted by Gasteiger charge is -2.08. The molecule has 1 amide bonds. The van der Waals surface area contributed by atoms with Crippen LogP contribution >= 0.6 is 34.8 Å². The Hall–Kier alpha value is -3.12. The number of hydrogen-bond acceptors (Lipinski definition) is 3. The predicted octanol–water partition coefficient (Wildman–Crippen LogP) is 6.22.